The fourth-order valence-corrected chi connectivity index (χ4v) is 2.82. The van der Waals surface area contributed by atoms with Crippen LogP contribution in [0, 0.1) is 5.82 Å². The van der Waals surface area contributed by atoms with E-state index in [4.69, 9.17) is 34.8 Å². The van der Waals surface area contributed by atoms with E-state index < -0.39 is 5.82 Å². The summed E-state index contributed by atoms with van der Waals surface area (Å²) >= 11 is 18.1. The lowest BCUT2D eigenvalue weighted by Crippen LogP contribution is -2.20. The van der Waals surface area contributed by atoms with Gasteiger partial charge in [-0.2, -0.15) is 0 Å². The minimum Gasteiger partial charge on any atom is -0.313 e. The highest BCUT2D eigenvalue weighted by atomic mass is 35.5. The van der Waals surface area contributed by atoms with Crippen LogP contribution in [0.2, 0.25) is 15.1 Å². The monoisotopic (exact) mass is 331 g/mol. The van der Waals surface area contributed by atoms with E-state index in [1.807, 2.05) is 0 Å². The van der Waals surface area contributed by atoms with Crippen LogP contribution in [-0.2, 0) is 6.42 Å². The molecule has 0 aromatic heterocycles. The van der Waals surface area contributed by atoms with Gasteiger partial charge in [0.15, 0.2) is 0 Å². The predicted molar refractivity (Wildman–Crippen MR) is 83.4 cm³/mol. The predicted octanol–water partition coefficient (Wildman–Crippen LogP) is 5.29. The molecule has 0 aliphatic heterocycles. The number of nitrogens with one attached hydrogen (secondary N) is 1. The van der Waals surface area contributed by atoms with Crippen molar-refractivity contribution in [2.24, 2.45) is 0 Å². The van der Waals surface area contributed by atoms with Gasteiger partial charge in [0, 0.05) is 21.7 Å². The van der Waals surface area contributed by atoms with Crippen LogP contribution in [0.1, 0.15) is 17.2 Å². The first kappa shape index (κ1) is 15.6. The smallest absolute Gasteiger partial charge is 0.146 e. The van der Waals surface area contributed by atoms with Gasteiger partial charge in [-0.15, -0.1) is 0 Å². The zero-order chi connectivity index (χ0) is 14.7. The molecule has 0 amide bonds. The summed E-state index contributed by atoms with van der Waals surface area (Å²) in [6, 6.07) is 10.0. The van der Waals surface area contributed by atoms with Crippen LogP contribution in [-0.4, -0.2) is 7.05 Å². The molecule has 0 bridgehead atoms. The first-order chi connectivity index (χ1) is 9.54. The normalized spacial score (nSPS) is 12.4. The van der Waals surface area contributed by atoms with E-state index in [1.54, 1.807) is 37.4 Å². The lowest BCUT2D eigenvalue weighted by molar-refractivity contribution is 0.534. The second-order valence-corrected chi connectivity index (χ2v) is 5.61. The van der Waals surface area contributed by atoms with Crippen molar-refractivity contribution in [3.63, 3.8) is 0 Å². The van der Waals surface area contributed by atoms with Crippen LogP contribution in [0.5, 0.6) is 0 Å². The first-order valence-corrected chi connectivity index (χ1v) is 7.22. The fourth-order valence-electron chi connectivity index (χ4n) is 2.09. The van der Waals surface area contributed by atoms with Crippen molar-refractivity contribution in [1.82, 2.24) is 5.32 Å². The molecule has 1 atom stereocenters. The van der Waals surface area contributed by atoms with Crippen LogP contribution in [0.4, 0.5) is 4.39 Å². The Morgan fingerprint density at radius 1 is 1.00 bits per heavy atom. The Labute approximate surface area is 132 Å². The molecule has 2 rings (SSSR count). The van der Waals surface area contributed by atoms with Gasteiger partial charge in [0.25, 0.3) is 0 Å². The van der Waals surface area contributed by atoms with Gasteiger partial charge in [0.2, 0.25) is 0 Å². The Balaban J connectivity index is 2.37. The topological polar surface area (TPSA) is 12.0 Å². The van der Waals surface area contributed by atoms with E-state index >= 15 is 0 Å². The molecule has 2 aromatic rings. The van der Waals surface area contributed by atoms with Crippen molar-refractivity contribution < 1.29 is 4.39 Å². The average molecular weight is 333 g/mol. The quantitative estimate of drug-likeness (QED) is 0.802. The summed E-state index contributed by atoms with van der Waals surface area (Å²) in [5.41, 5.74) is 1.28. The number of hydrogen-bond acceptors (Lipinski definition) is 1. The molecule has 0 saturated carbocycles. The van der Waals surface area contributed by atoms with Gasteiger partial charge >= 0.3 is 0 Å². The molecule has 2 aromatic carbocycles. The molecule has 0 aliphatic rings. The summed E-state index contributed by atoms with van der Waals surface area (Å²) < 4.78 is 14.1. The Bertz CT molecular complexity index is 596. The molecule has 0 saturated heterocycles. The maximum atomic E-state index is 14.1. The van der Waals surface area contributed by atoms with Gasteiger partial charge in [-0.3, -0.25) is 0 Å². The minimum atomic E-state index is -0.420. The van der Waals surface area contributed by atoms with E-state index in [9.17, 15) is 4.39 Å². The lowest BCUT2D eigenvalue weighted by Gasteiger charge is -2.19. The number of likely N-dealkylation sites (N-methyl/N-ethyl adjacent to an activating group) is 1. The van der Waals surface area contributed by atoms with Gasteiger partial charge < -0.3 is 5.32 Å². The van der Waals surface area contributed by atoms with Crippen molar-refractivity contribution in [3.8, 4) is 0 Å². The standard InChI is InChI=1S/C15H13Cl3FN/c1-20-14(9-4-2-7-13(18)15(9)19)8-10-11(16)5-3-6-12(10)17/h2-7,14,20H,8H2,1H3. The number of hydrogen-bond donors (Lipinski definition) is 1. The van der Waals surface area contributed by atoms with Gasteiger partial charge in [-0.1, -0.05) is 53.0 Å². The Morgan fingerprint density at radius 3 is 2.15 bits per heavy atom. The summed E-state index contributed by atoms with van der Waals surface area (Å²) in [6.07, 6.45) is 0.478. The molecule has 1 nitrogen and oxygen atoms in total. The second kappa shape index (κ2) is 6.77. The molecule has 20 heavy (non-hydrogen) atoms. The van der Waals surface area contributed by atoms with Crippen LogP contribution in [0.15, 0.2) is 36.4 Å². The van der Waals surface area contributed by atoms with Crippen molar-refractivity contribution in [2.45, 2.75) is 12.5 Å². The molecule has 0 heterocycles. The van der Waals surface area contributed by atoms with E-state index in [1.165, 1.54) is 6.07 Å². The molecule has 0 fully saturated rings. The van der Waals surface area contributed by atoms with E-state index in [2.05, 4.69) is 5.32 Å². The molecular formula is C15H13Cl3FN. The van der Waals surface area contributed by atoms with Crippen molar-refractivity contribution in [2.75, 3.05) is 7.05 Å². The average Bonchev–Trinajstić information content (AvgIpc) is 2.42. The minimum absolute atomic E-state index is 0.105. The SMILES string of the molecule is CNC(Cc1c(Cl)cccc1Cl)c1cccc(Cl)c1F. The largest absolute Gasteiger partial charge is 0.313 e. The highest BCUT2D eigenvalue weighted by Gasteiger charge is 2.19. The Morgan fingerprint density at radius 2 is 1.55 bits per heavy atom. The van der Waals surface area contributed by atoms with Crippen molar-refractivity contribution in [1.29, 1.82) is 0 Å². The second-order valence-electron chi connectivity index (χ2n) is 4.39. The number of halogens is 4. The molecule has 0 radical (unpaired) electrons. The molecular weight excluding hydrogens is 320 g/mol. The summed E-state index contributed by atoms with van der Waals surface area (Å²) in [7, 11) is 1.76. The third kappa shape index (κ3) is 3.26. The molecule has 0 spiro atoms. The van der Waals surface area contributed by atoms with Gasteiger partial charge in [-0.05, 0) is 37.2 Å². The summed E-state index contributed by atoms with van der Waals surface area (Å²) in [5.74, 6) is -0.420. The Hall–Kier alpha value is -0.800. The molecule has 5 heteroatoms. The first-order valence-electron chi connectivity index (χ1n) is 6.08. The van der Waals surface area contributed by atoms with Crippen molar-refractivity contribution in [3.05, 3.63) is 68.4 Å². The van der Waals surface area contributed by atoms with Crippen molar-refractivity contribution >= 4 is 34.8 Å². The summed E-state index contributed by atoms with van der Waals surface area (Å²) in [6.45, 7) is 0. The molecule has 1 unspecified atom stereocenters. The van der Waals surface area contributed by atoms with E-state index in [0.717, 1.165) is 5.56 Å². The van der Waals surface area contributed by atoms with Gasteiger partial charge in [-0.25, -0.2) is 4.39 Å². The highest BCUT2D eigenvalue weighted by Crippen LogP contribution is 2.31. The Kier molecular flexibility index (Phi) is 5.28. The third-order valence-corrected chi connectivity index (χ3v) is 4.18. The summed E-state index contributed by atoms with van der Waals surface area (Å²) in [4.78, 5) is 0. The number of rotatable bonds is 4. The zero-order valence-electron chi connectivity index (χ0n) is 10.8. The maximum absolute atomic E-state index is 14.1. The lowest BCUT2D eigenvalue weighted by atomic mass is 9.98. The van der Waals surface area contributed by atoms with Gasteiger partial charge in [0.05, 0.1) is 5.02 Å². The van der Waals surface area contributed by atoms with Crippen LogP contribution in [0.25, 0.3) is 0 Å². The van der Waals surface area contributed by atoms with Crippen LogP contribution >= 0.6 is 34.8 Å². The van der Waals surface area contributed by atoms with Gasteiger partial charge in [0.1, 0.15) is 5.82 Å². The van der Waals surface area contributed by atoms with E-state index in [-0.39, 0.29) is 11.1 Å². The maximum Gasteiger partial charge on any atom is 0.146 e. The molecule has 1 N–H and O–H groups in total. The molecule has 0 aliphatic carbocycles. The van der Waals surface area contributed by atoms with Crippen LogP contribution < -0.4 is 5.32 Å². The third-order valence-electron chi connectivity index (χ3n) is 3.18. The van der Waals surface area contributed by atoms with E-state index in [0.29, 0.717) is 22.0 Å². The van der Waals surface area contributed by atoms with Crippen LogP contribution in [0.3, 0.4) is 0 Å². The highest BCUT2D eigenvalue weighted by molar-refractivity contribution is 6.36. The zero-order valence-corrected chi connectivity index (χ0v) is 13.0. The summed E-state index contributed by atoms with van der Waals surface area (Å²) in [5, 5.41) is 4.32. The number of benzene rings is 2. The fraction of sp³-hybridized carbons (Fsp3) is 0.200. The molecule has 106 valence electrons.